The number of carbonyl (C=O) groups excluding carboxylic acids is 1. The summed E-state index contributed by atoms with van der Waals surface area (Å²) >= 11 is 6.87. The van der Waals surface area contributed by atoms with Crippen molar-refractivity contribution in [3.8, 4) is 22.9 Å². The summed E-state index contributed by atoms with van der Waals surface area (Å²) in [6, 6.07) is 16.7. The first kappa shape index (κ1) is 30.9. The Balaban J connectivity index is 1.37. The molecule has 0 bridgehead atoms. The van der Waals surface area contributed by atoms with Crippen LogP contribution in [-0.4, -0.2) is 40.5 Å². The molecule has 0 saturated carbocycles. The number of carboxylic acid groups (broad SMARTS) is 1. The molecule has 4 rings (SSSR count). The van der Waals surface area contributed by atoms with Gasteiger partial charge in [0.05, 0.1) is 17.3 Å². The quantitative estimate of drug-likeness (QED) is 0.123. The molecule has 0 fully saturated rings. The maximum Gasteiger partial charge on any atom is 0.344 e. The number of aryl methyl sites for hydroxylation is 2. The van der Waals surface area contributed by atoms with Crippen molar-refractivity contribution < 1.29 is 33.3 Å². The number of nitrogens with zero attached hydrogens (tertiary/aromatic N) is 2. The van der Waals surface area contributed by atoms with Gasteiger partial charge in [-0.05, 0) is 114 Å². The van der Waals surface area contributed by atoms with Crippen LogP contribution in [0.5, 0.6) is 17.2 Å². The summed E-state index contributed by atoms with van der Waals surface area (Å²) in [4.78, 5) is 23.9. The predicted octanol–water partition coefficient (Wildman–Crippen LogP) is 6.81. The average molecular weight is 703 g/mol. The number of aromatic nitrogens is 1. The predicted molar refractivity (Wildman–Crippen MR) is 164 cm³/mol. The van der Waals surface area contributed by atoms with E-state index in [1.54, 1.807) is 25.1 Å². The van der Waals surface area contributed by atoms with Gasteiger partial charge >= 0.3 is 11.9 Å². The number of halogens is 2. The second-order valence-electron chi connectivity index (χ2n) is 9.15. The van der Waals surface area contributed by atoms with E-state index in [4.69, 9.17) is 18.6 Å². The minimum atomic E-state index is -1.12. The number of nitrogens with one attached hydrogen (secondary N) is 1. The number of rotatable bonds is 12. The lowest BCUT2D eigenvalue weighted by Gasteiger charge is -2.18. The third-order valence-electron chi connectivity index (χ3n) is 6.10. The molecule has 2 heterocycles. The lowest BCUT2D eigenvalue weighted by Crippen LogP contribution is -2.23. The summed E-state index contributed by atoms with van der Waals surface area (Å²) in [5, 5.41) is 13.2. The Hall–Kier alpha value is -4.03. The lowest BCUT2D eigenvalue weighted by molar-refractivity contribution is -0.144. The second-order valence-corrected chi connectivity index (χ2v) is 10.7. The zero-order valence-corrected chi connectivity index (χ0v) is 26.5. The first-order valence-electron chi connectivity index (χ1n) is 12.9. The summed E-state index contributed by atoms with van der Waals surface area (Å²) in [5.74, 6) is 0.0978. The summed E-state index contributed by atoms with van der Waals surface area (Å²) in [5.41, 5.74) is 6.32. The van der Waals surface area contributed by atoms with Gasteiger partial charge in [0, 0.05) is 27.1 Å². The summed E-state index contributed by atoms with van der Waals surface area (Å²) in [6.07, 6.45) is 0.312. The second kappa shape index (κ2) is 13.8. The van der Waals surface area contributed by atoms with Crippen molar-refractivity contribution in [1.82, 2.24) is 9.99 Å². The molecule has 42 heavy (non-hydrogen) atoms. The van der Waals surface area contributed by atoms with E-state index in [1.165, 1.54) is 13.1 Å². The van der Waals surface area contributed by atoms with Gasteiger partial charge < -0.3 is 28.3 Å². The molecule has 1 amide bonds. The fourth-order valence-electron chi connectivity index (χ4n) is 4.01. The zero-order chi connectivity index (χ0) is 30.4. The van der Waals surface area contributed by atoms with Gasteiger partial charge in [-0.3, -0.25) is 4.79 Å². The molecule has 2 N–H and O–H groups in total. The van der Waals surface area contributed by atoms with Crippen molar-refractivity contribution in [1.29, 1.82) is 0 Å². The van der Waals surface area contributed by atoms with E-state index in [0.717, 1.165) is 17.1 Å². The van der Waals surface area contributed by atoms with Crippen molar-refractivity contribution in [2.75, 3.05) is 6.61 Å². The normalized spacial score (nSPS) is 11.9. The van der Waals surface area contributed by atoms with Crippen molar-refractivity contribution >= 4 is 50.0 Å². The molecular weight excluding hydrogens is 674 g/mol. The Kier molecular flexibility index (Phi) is 10.1. The molecule has 1 atom stereocenters. The molecule has 0 aliphatic carbocycles. The van der Waals surface area contributed by atoms with E-state index in [2.05, 4.69) is 72.9 Å². The number of amides is 1. The maximum absolute atomic E-state index is 12.6. The number of aliphatic carboxylic acids is 1. The van der Waals surface area contributed by atoms with Crippen LogP contribution in [-0.2, 0) is 11.4 Å². The van der Waals surface area contributed by atoms with Gasteiger partial charge in [-0.15, -0.1) is 0 Å². The van der Waals surface area contributed by atoms with Crippen LogP contribution in [0, 0.1) is 13.8 Å². The molecule has 0 saturated heterocycles. The SMILES string of the molecule is CCOc1cc(/C=N/NC(=O)c2ccc(COc3ccc(-n4c(C)ccc4C)cc3)o2)c(Br)c(Br)c1O[C@H](C)C(=O)O. The molecule has 12 heteroatoms. The Labute approximate surface area is 259 Å². The zero-order valence-electron chi connectivity index (χ0n) is 23.3. The molecule has 4 aromatic rings. The summed E-state index contributed by atoms with van der Waals surface area (Å²) in [6.45, 7) is 7.79. The highest BCUT2D eigenvalue weighted by Gasteiger charge is 2.22. The van der Waals surface area contributed by atoms with Gasteiger partial charge in [0.1, 0.15) is 18.1 Å². The maximum atomic E-state index is 12.6. The standard InChI is InChI=1S/C30H29Br2N3O7/c1-5-39-25-14-20(26(31)27(32)28(25)41-19(4)30(37)38)15-33-34-29(36)24-13-12-23(42-24)16-40-22-10-8-21(9-11-22)35-17(2)6-7-18(35)3/h6-15,19H,5,16H2,1-4H3,(H,34,36)(H,37,38)/b33-15+/t19-/m1/s1. The van der Waals surface area contributed by atoms with Gasteiger partial charge in [0.15, 0.2) is 23.4 Å². The van der Waals surface area contributed by atoms with E-state index in [0.29, 0.717) is 38.4 Å². The minimum Gasteiger partial charge on any atom is -0.490 e. The Morgan fingerprint density at radius 3 is 2.38 bits per heavy atom. The van der Waals surface area contributed by atoms with Gasteiger partial charge in [0.2, 0.25) is 0 Å². The van der Waals surface area contributed by atoms with Crippen LogP contribution in [0.3, 0.4) is 0 Å². The first-order valence-corrected chi connectivity index (χ1v) is 14.5. The van der Waals surface area contributed by atoms with Crippen LogP contribution in [0.25, 0.3) is 5.69 Å². The number of carbonyl (C=O) groups is 2. The summed E-state index contributed by atoms with van der Waals surface area (Å²) in [7, 11) is 0. The smallest absolute Gasteiger partial charge is 0.344 e. The Bertz CT molecular complexity index is 1590. The highest BCUT2D eigenvalue weighted by atomic mass is 79.9. The van der Waals surface area contributed by atoms with Crippen LogP contribution in [0.4, 0.5) is 0 Å². The average Bonchev–Trinajstić information content (AvgIpc) is 3.58. The van der Waals surface area contributed by atoms with Crippen LogP contribution >= 0.6 is 31.9 Å². The number of hydrazone groups is 1. The molecule has 0 unspecified atom stereocenters. The third-order valence-corrected chi connectivity index (χ3v) is 8.24. The first-order chi connectivity index (χ1) is 20.1. The van der Waals surface area contributed by atoms with Crippen LogP contribution < -0.4 is 19.6 Å². The lowest BCUT2D eigenvalue weighted by atomic mass is 10.2. The number of hydrogen-bond acceptors (Lipinski definition) is 7. The number of carboxylic acids is 1. The number of benzene rings is 2. The Morgan fingerprint density at radius 2 is 1.74 bits per heavy atom. The number of ether oxygens (including phenoxy) is 3. The highest BCUT2D eigenvalue weighted by molar-refractivity contribution is 9.13. The molecule has 0 aliphatic rings. The largest absolute Gasteiger partial charge is 0.490 e. The fraction of sp³-hybridized carbons (Fsp3) is 0.233. The van der Waals surface area contributed by atoms with Crippen LogP contribution in [0.15, 0.2) is 73.1 Å². The highest BCUT2D eigenvalue weighted by Crippen LogP contribution is 2.43. The molecule has 0 aliphatic heterocycles. The molecule has 0 radical (unpaired) electrons. The molecule has 220 valence electrons. The topological polar surface area (TPSA) is 125 Å². The number of hydrogen-bond donors (Lipinski definition) is 2. The Morgan fingerprint density at radius 1 is 1.05 bits per heavy atom. The van der Waals surface area contributed by atoms with Gasteiger partial charge in [-0.2, -0.15) is 5.10 Å². The molecule has 2 aromatic heterocycles. The fourth-order valence-corrected chi connectivity index (χ4v) is 4.93. The van der Waals surface area contributed by atoms with Crippen molar-refractivity contribution in [2.24, 2.45) is 5.10 Å². The van der Waals surface area contributed by atoms with Gasteiger partial charge in [-0.1, -0.05) is 0 Å². The van der Waals surface area contributed by atoms with Crippen LogP contribution in [0.2, 0.25) is 0 Å². The molecule has 0 spiro atoms. The van der Waals surface area contributed by atoms with E-state index >= 15 is 0 Å². The minimum absolute atomic E-state index is 0.0707. The van der Waals surface area contributed by atoms with Gasteiger partial charge in [0.25, 0.3) is 0 Å². The van der Waals surface area contributed by atoms with E-state index in [9.17, 15) is 14.7 Å². The molecule has 2 aromatic carbocycles. The van der Waals surface area contributed by atoms with Crippen LogP contribution in [0.1, 0.15) is 47.1 Å². The van der Waals surface area contributed by atoms with Crippen molar-refractivity contribution in [3.05, 3.63) is 92.0 Å². The molecular formula is C30H29Br2N3O7. The van der Waals surface area contributed by atoms with Crippen molar-refractivity contribution in [2.45, 2.75) is 40.4 Å². The number of furan rings is 1. The van der Waals surface area contributed by atoms with E-state index in [-0.39, 0.29) is 18.1 Å². The van der Waals surface area contributed by atoms with E-state index < -0.39 is 18.0 Å². The van der Waals surface area contributed by atoms with Gasteiger partial charge in [-0.25, -0.2) is 10.2 Å². The monoisotopic (exact) mass is 701 g/mol. The van der Waals surface area contributed by atoms with Crippen molar-refractivity contribution in [3.63, 3.8) is 0 Å². The van der Waals surface area contributed by atoms with E-state index in [1.807, 2.05) is 24.3 Å². The molecule has 10 nitrogen and oxygen atoms in total. The third kappa shape index (κ3) is 7.24. The summed E-state index contributed by atoms with van der Waals surface area (Å²) < 4.78 is 25.8.